The molecule has 2 nitrogen and oxygen atoms in total. The molecule has 3 N–H and O–H groups in total. The molecule has 1 heterocycles. The highest BCUT2D eigenvalue weighted by molar-refractivity contribution is 9.10. The van der Waals surface area contributed by atoms with Crippen LogP contribution in [0.1, 0.15) is 16.5 Å². The van der Waals surface area contributed by atoms with Crippen LogP contribution in [-0.4, -0.2) is 0 Å². The Morgan fingerprint density at radius 1 is 1.31 bits per heavy atom. The average Bonchev–Trinajstić information content (AvgIpc) is 2.79. The Balaban J connectivity index is 2.13. The van der Waals surface area contributed by atoms with Crippen LogP contribution in [0, 0.1) is 0 Å². The second-order valence-corrected chi connectivity index (χ2v) is 5.46. The first-order chi connectivity index (χ1) is 7.79. The fraction of sp³-hybridized carbons (Fsp3) is 0.167. The van der Waals surface area contributed by atoms with E-state index in [0.717, 1.165) is 10.9 Å². The summed E-state index contributed by atoms with van der Waals surface area (Å²) in [4.78, 5) is 1.27. The van der Waals surface area contributed by atoms with Gasteiger partial charge in [0, 0.05) is 9.35 Å². The maximum Gasteiger partial charge on any atom is 0.0593 e. The van der Waals surface area contributed by atoms with Gasteiger partial charge in [-0.1, -0.05) is 34.1 Å². The molecular weight excluding hydrogens is 284 g/mol. The summed E-state index contributed by atoms with van der Waals surface area (Å²) in [5.74, 6) is 5.59. The highest BCUT2D eigenvalue weighted by atomic mass is 79.9. The topological polar surface area (TPSA) is 38.0 Å². The largest absolute Gasteiger partial charge is 0.271 e. The van der Waals surface area contributed by atoms with Crippen molar-refractivity contribution in [1.29, 1.82) is 0 Å². The summed E-state index contributed by atoms with van der Waals surface area (Å²) in [6.07, 6.45) is 0.899. The molecule has 1 aromatic carbocycles. The zero-order chi connectivity index (χ0) is 11.4. The minimum Gasteiger partial charge on any atom is -0.271 e. The molecule has 0 saturated carbocycles. The zero-order valence-corrected chi connectivity index (χ0v) is 11.1. The first-order valence-electron chi connectivity index (χ1n) is 5.03. The van der Waals surface area contributed by atoms with Crippen molar-refractivity contribution in [3.8, 4) is 0 Å². The Morgan fingerprint density at radius 2 is 2.19 bits per heavy atom. The molecule has 1 aromatic heterocycles. The quantitative estimate of drug-likeness (QED) is 0.671. The van der Waals surface area contributed by atoms with Gasteiger partial charge >= 0.3 is 0 Å². The van der Waals surface area contributed by atoms with Gasteiger partial charge in [0.05, 0.1) is 6.04 Å². The van der Waals surface area contributed by atoms with Crippen molar-refractivity contribution < 1.29 is 0 Å². The van der Waals surface area contributed by atoms with Gasteiger partial charge in [0.1, 0.15) is 0 Å². The fourth-order valence-corrected chi connectivity index (χ4v) is 2.86. The Morgan fingerprint density at radius 3 is 2.81 bits per heavy atom. The predicted molar refractivity (Wildman–Crippen MR) is 72.2 cm³/mol. The summed E-state index contributed by atoms with van der Waals surface area (Å²) < 4.78 is 1.10. The van der Waals surface area contributed by atoms with Gasteiger partial charge in [0.15, 0.2) is 0 Å². The fourth-order valence-electron chi connectivity index (χ4n) is 1.63. The van der Waals surface area contributed by atoms with Crippen molar-refractivity contribution in [2.45, 2.75) is 12.5 Å². The molecule has 0 fully saturated rings. The van der Waals surface area contributed by atoms with Crippen LogP contribution in [0.15, 0.2) is 46.3 Å². The number of hydrogen-bond acceptors (Lipinski definition) is 3. The SMILES string of the molecule is NNC(Cc1cccc(Br)c1)c1cccs1. The summed E-state index contributed by atoms with van der Waals surface area (Å²) in [5, 5.41) is 2.07. The second kappa shape index (κ2) is 5.59. The molecule has 16 heavy (non-hydrogen) atoms. The minimum absolute atomic E-state index is 0.189. The maximum absolute atomic E-state index is 5.59. The van der Waals surface area contributed by atoms with E-state index in [1.807, 2.05) is 18.2 Å². The summed E-state index contributed by atoms with van der Waals surface area (Å²) in [7, 11) is 0. The first-order valence-corrected chi connectivity index (χ1v) is 6.71. The van der Waals surface area contributed by atoms with Gasteiger partial charge in [-0.3, -0.25) is 11.3 Å². The molecule has 0 spiro atoms. The number of nitrogens with one attached hydrogen (secondary N) is 1. The maximum atomic E-state index is 5.59. The van der Waals surface area contributed by atoms with Crippen molar-refractivity contribution >= 4 is 27.3 Å². The van der Waals surface area contributed by atoms with Gasteiger partial charge in [-0.2, -0.15) is 0 Å². The van der Waals surface area contributed by atoms with Crippen LogP contribution < -0.4 is 11.3 Å². The highest BCUT2D eigenvalue weighted by Gasteiger charge is 2.11. The molecule has 0 aliphatic heterocycles. The lowest BCUT2D eigenvalue weighted by molar-refractivity contribution is 0.560. The van der Waals surface area contributed by atoms with Crippen LogP contribution >= 0.6 is 27.3 Å². The van der Waals surface area contributed by atoms with Crippen LogP contribution in [0.2, 0.25) is 0 Å². The lowest BCUT2D eigenvalue weighted by Gasteiger charge is -2.14. The number of benzene rings is 1. The molecule has 0 radical (unpaired) electrons. The molecule has 4 heteroatoms. The van der Waals surface area contributed by atoms with Gasteiger partial charge < -0.3 is 0 Å². The molecule has 0 amide bonds. The van der Waals surface area contributed by atoms with Crippen molar-refractivity contribution in [2.75, 3.05) is 0 Å². The van der Waals surface area contributed by atoms with Crippen molar-refractivity contribution in [3.63, 3.8) is 0 Å². The summed E-state index contributed by atoms with van der Waals surface area (Å²) in [6.45, 7) is 0. The van der Waals surface area contributed by atoms with E-state index < -0.39 is 0 Å². The summed E-state index contributed by atoms with van der Waals surface area (Å²) in [6, 6.07) is 12.6. The molecule has 0 bridgehead atoms. The zero-order valence-electron chi connectivity index (χ0n) is 8.69. The van der Waals surface area contributed by atoms with E-state index in [9.17, 15) is 0 Å². The lowest BCUT2D eigenvalue weighted by Crippen LogP contribution is -2.28. The third-order valence-corrected chi connectivity index (χ3v) is 3.90. The Kier molecular flexibility index (Phi) is 4.12. The predicted octanol–water partition coefficient (Wildman–Crippen LogP) is 3.26. The molecule has 0 saturated heterocycles. The summed E-state index contributed by atoms with van der Waals surface area (Å²) >= 11 is 5.20. The van der Waals surface area contributed by atoms with E-state index in [2.05, 4.69) is 44.9 Å². The number of halogens is 1. The van der Waals surface area contributed by atoms with Gasteiger partial charge in [0.25, 0.3) is 0 Å². The van der Waals surface area contributed by atoms with Crippen LogP contribution in [0.5, 0.6) is 0 Å². The van der Waals surface area contributed by atoms with Crippen molar-refractivity contribution in [1.82, 2.24) is 5.43 Å². The van der Waals surface area contributed by atoms with E-state index in [4.69, 9.17) is 5.84 Å². The number of hydrazine groups is 1. The molecular formula is C12H13BrN2S. The number of rotatable bonds is 4. The van der Waals surface area contributed by atoms with Crippen molar-refractivity contribution in [2.24, 2.45) is 5.84 Å². The van der Waals surface area contributed by atoms with Crippen molar-refractivity contribution in [3.05, 3.63) is 56.7 Å². The van der Waals surface area contributed by atoms with Crippen LogP contribution in [0.3, 0.4) is 0 Å². The molecule has 0 aliphatic carbocycles. The van der Waals surface area contributed by atoms with Gasteiger partial charge in [-0.15, -0.1) is 11.3 Å². The van der Waals surface area contributed by atoms with Gasteiger partial charge in [-0.05, 0) is 35.6 Å². The Hall–Kier alpha value is -0.680. The minimum atomic E-state index is 0.189. The smallest absolute Gasteiger partial charge is 0.0593 e. The average molecular weight is 297 g/mol. The second-order valence-electron chi connectivity index (χ2n) is 3.57. The molecule has 2 aromatic rings. The standard InChI is InChI=1S/C12H13BrN2S/c13-10-4-1-3-9(7-10)8-11(15-14)12-5-2-6-16-12/h1-7,11,15H,8,14H2. The van der Waals surface area contributed by atoms with E-state index in [0.29, 0.717) is 0 Å². The first kappa shape index (κ1) is 11.8. The van der Waals surface area contributed by atoms with Crippen LogP contribution in [-0.2, 0) is 6.42 Å². The van der Waals surface area contributed by atoms with E-state index in [1.54, 1.807) is 11.3 Å². The van der Waals surface area contributed by atoms with Crippen LogP contribution in [0.4, 0.5) is 0 Å². The third-order valence-electron chi connectivity index (χ3n) is 2.42. The Labute approximate surface area is 108 Å². The third kappa shape index (κ3) is 2.92. The highest BCUT2D eigenvalue weighted by Crippen LogP contribution is 2.23. The Bertz CT molecular complexity index is 442. The summed E-state index contributed by atoms with van der Waals surface area (Å²) in [5.41, 5.74) is 4.14. The van der Waals surface area contributed by atoms with Gasteiger partial charge in [-0.25, -0.2) is 0 Å². The number of hydrogen-bond donors (Lipinski definition) is 2. The molecule has 84 valence electrons. The molecule has 1 unspecified atom stereocenters. The molecule has 0 aliphatic rings. The normalized spacial score (nSPS) is 12.6. The molecule has 1 atom stereocenters. The van der Waals surface area contributed by atoms with E-state index in [-0.39, 0.29) is 6.04 Å². The number of thiophene rings is 1. The number of nitrogens with two attached hydrogens (primary N) is 1. The van der Waals surface area contributed by atoms with Crippen LogP contribution in [0.25, 0.3) is 0 Å². The monoisotopic (exact) mass is 296 g/mol. The van der Waals surface area contributed by atoms with Gasteiger partial charge in [0.2, 0.25) is 0 Å². The van der Waals surface area contributed by atoms with E-state index >= 15 is 0 Å². The van der Waals surface area contributed by atoms with E-state index in [1.165, 1.54) is 10.4 Å². The molecule has 2 rings (SSSR count). The lowest BCUT2D eigenvalue weighted by atomic mass is 10.1.